The highest BCUT2D eigenvalue weighted by Crippen LogP contribution is 2.20. The summed E-state index contributed by atoms with van der Waals surface area (Å²) in [5.41, 5.74) is 1.66. The zero-order chi connectivity index (χ0) is 13.8. The molecule has 2 heterocycles. The van der Waals surface area contributed by atoms with Gasteiger partial charge in [0.2, 0.25) is 5.91 Å². The van der Waals surface area contributed by atoms with Crippen LogP contribution in [-0.4, -0.2) is 36.7 Å². The molecule has 2 aromatic rings. The molecular weight excluding hydrogens is 258 g/mol. The number of oxazole rings is 1. The van der Waals surface area contributed by atoms with Crippen molar-refractivity contribution in [2.45, 2.75) is 6.04 Å². The first-order chi connectivity index (χ1) is 9.83. The quantitative estimate of drug-likeness (QED) is 0.880. The summed E-state index contributed by atoms with van der Waals surface area (Å²) in [5, 5.41) is 5.97. The molecule has 1 atom stereocenters. The number of ether oxygens (including phenoxy) is 1. The average Bonchev–Trinajstić information content (AvgIpc) is 3.03. The maximum Gasteiger partial charge on any atom is 0.243 e. The predicted octanol–water partition coefficient (Wildman–Crippen LogP) is 1.27. The average molecular weight is 273 g/mol. The van der Waals surface area contributed by atoms with Gasteiger partial charge in [-0.15, -0.1) is 0 Å². The molecule has 1 amide bonds. The minimum Gasteiger partial charge on any atom is -0.444 e. The number of carbonyl (C=O) groups is 1. The molecular formula is C14H15N3O3. The first-order valence-electron chi connectivity index (χ1n) is 6.44. The Bertz CT molecular complexity index is 560. The molecule has 2 N–H and O–H groups in total. The van der Waals surface area contributed by atoms with Crippen LogP contribution >= 0.6 is 0 Å². The van der Waals surface area contributed by atoms with Crippen LogP contribution in [0.1, 0.15) is 0 Å². The Morgan fingerprint density at radius 2 is 2.20 bits per heavy atom. The number of amides is 1. The number of hydrogen-bond donors (Lipinski definition) is 2. The molecule has 1 aliphatic rings. The Morgan fingerprint density at radius 3 is 2.85 bits per heavy atom. The fourth-order valence-corrected chi connectivity index (χ4v) is 2.04. The molecule has 1 unspecified atom stereocenters. The monoisotopic (exact) mass is 273 g/mol. The summed E-state index contributed by atoms with van der Waals surface area (Å²) in [4.78, 5) is 15.9. The lowest BCUT2D eigenvalue weighted by atomic mass is 10.1. The third kappa shape index (κ3) is 2.87. The third-order valence-corrected chi connectivity index (χ3v) is 3.11. The second-order valence-corrected chi connectivity index (χ2v) is 4.51. The molecule has 0 saturated carbocycles. The number of anilines is 1. The predicted molar refractivity (Wildman–Crippen MR) is 73.2 cm³/mol. The van der Waals surface area contributed by atoms with Gasteiger partial charge in [0.1, 0.15) is 6.04 Å². The van der Waals surface area contributed by atoms with E-state index in [4.69, 9.17) is 9.15 Å². The van der Waals surface area contributed by atoms with Gasteiger partial charge in [0.05, 0.1) is 19.4 Å². The molecule has 0 aliphatic carbocycles. The number of carbonyl (C=O) groups excluding carboxylic acids is 1. The molecule has 6 heteroatoms. The minimum atomic E-state index is -0.294. The zero-order valence-electron chi connectivity index (χ0n) is 10.8. The number of benzene rings is 1. The van der Waals surface area contributed by atoms with Crippen LogP contribution in [0, 0.1) is 0 Å². The highest BCUT2D eigenvalue weighted by molar-refractivity contribution is 5.95. The molecule has 0 spiro atoms. The summed E-state index contributed by atoms with van der Waals surface area (Å²) in [6, 6.07) is 7.12. The van der Waals surface area contributed by atoms with Crippen LogP contribution in [0.2, 0.25) is 0 Å². The summed E-state index contributed by atoms with van der Waals surface area (Å²) in [5.74, 6) is 0.613. The van der Waals surface area contributed by atoms with Crippen LogP contribution in [-0.2, 0) is 9.53 Å². The molecule has 20 heavy (non-hydrogen) atoms. The van der Waals surface area contributed by atoms with Crippen molar-refractivity contribution in [1.82, 2.24) is 10.3 Å². The number of hydrogen-bond acceptors (Lipinski definition) is 5. The van der Waals surface area contributed by atoms with Crippen molar-refractivity contribution in [1.29, 1.82) is 0 Å². The Hall–Kier alpha value is -2.18. The largest absolute Gasteiger partial charge is 0.444 e. The van der Waals surface area contributed by atoms with E-state index in [9.17, 15) is 4.79 Å². The molecule has 1 aromatic carbocycles. The van der Waals surface area contributed by atoms with Gasteiger partial charge in [0.25, 0.3) is 0 Å². The molecule has 0 radical (unpaired) electrons. The van der Waals surface area contributed by atoms with Gasteiger partial charge in [0.15, 0.2) is 12.2 Å². The van der Waals surface area contributed by atoms with E-state index in [1.54, 1.807) is 6.20 Å². The summed E-state index contributed by atoms with van der Waals surface area (Å²) in [6.45, 7) is 1.75. The normalized spacial score (nSPS) is 18.7. The van der Waals surface area contributed by atoms with Crippen LogP contribution < -0.4 is 10.6 Å². The van der Waals surface area contributed by atoms with Gasteiger partial charge in [-0.2, -0.15) is 0 Å². The fourth-order valence-electron chi connectivity index (χ4n) is 2.04. The Labute approximate surface area is 116 Å². The van der Waals surface area contributed by atoms with Crippen LogP contribution in [0.4, 0.5) is 5.69 Å². The second-order valence-electron chi connectivity index (χ2n) is 4.51. The summed E-state index contributed by atoms with van der Waals surface area (Å²) in [6.07, 6.45) is 3.04. The van der Waals surface area contributed by atoms with E-state index in [0.717, 1.165) is 11.3 Å². The maximum absolute atomic E-state index is 12.0. The number of morpholine rings is 1. The second kappa shape index (κ2) is 5.85. The molecule has 1 fully saturated rings. The lowest BCUT2D eigenvalue weighted by Crippen LogP contribution is -2.48. The van der Waals surface area contributed by atoms with Crippen molar-refractivity contribution >= 4 is 11.6 Å². The summed E-state index contributed by atoms with van der Waals surface area (Å²) >= 11 is 0. The standard InChI is InChI=1S/C14H15N3O3/c18-14(12-8-19-6-5-16-12)17-11-3-1-10(2-4-11)13-7-15-9-20-13/h1-4,7,9,12,16H,5-6,8H2,(H,17,18). The van der Waals surface area contributed by atoms with Gasteiger partial charge in [-0.3, -0.25) is 4.79 Å². The molecule has 1 saturated heterocycles. The zero-order valence-corrected chi connectivity index (χ0v) is 10.8. The topological polar surface area (TPSA) is 76.4 Å². The van der Waals surface area contributed by atoms with Gasteiger partial charge >= 0.3 is 0 Å². The highest BCUT2D eigenvalue weighted by Gasteiger charge is 2.20. The van der Waals surface area contributed by atoms with Crippen molar-refractivity contribution in [3.63, 3.8) is 0 Å². The lowest BCUT2D eigenvalue weighted by Gasteiger charge is -2.22. The van der Waals surface area contributed by atoms with Gasteiger partial charge in [0, 0.05) is 17.8 Å². The number of nitrogens with one attached hydrogen (secondary N) is 2. The van der Waals surface area contributed by atoms with Crippen molar-refractivity contribution in [2.75, 3.05) is 25.1 Å². The molecule has 1 aromatic heterocycles. The van der Waals surface area contributed by atoms with Gasteiger partial charge in [-0.1, -0.05) is 0 Å². The minimum absolute atomic E-state index is 0.0860. The van der Waals surface area contributed by atoms with Gasteiger partial charge in [-0.25, -0.2) is 4.98 Å². The molecule has 3 rings (SSSR count). The van der Waals surface area contributed by atoms with Crippen LogP contribution in [0.5, 0.6) is 0 Å². The first kappa shape index (κ1) is 12.8. The van der Waals surface area contributed by atoms with Crippen LogP contribution in [0.15, 0.2) is 41.3 Å². The van der Waals surface area contributed by atoms with Crippen molar-refractivity contribution in [2.24, 2.45) is 0 Å². The Morgan fingerprint density at radius 1 is 1.35 bits per heavy atom. The Balaban J connectivity index is 1.64. The smallest absolute Gasteiger partial charge is 0.243 e. The number of aromatic nitrogens is 1. The van der Waals surface area contributed by atoms with E-state index in [-0.39, 0.29) is 11.9 Å². The Kier molecular flexibility index (Phi) is 3.76. The van der Waals surface area contributed by atoms with Crippen LogP contribution in [0.3, 0.4) is 0 Å². The molecule has 104 valence electrons. The molecule has 1 aliphatic heterocycles. The fraction of sp³-hybridized carbons (Fsp3) is 0.286. The SMILES string of the molecule is O=C(Nc1ccc(-c2cnco2)cc1)C1COCCN1. The van der Waals surface area contributed by atoms with Crippen molar-refractivity contribution < 1.29 is 13.9 Å². The molecule has 0 bridgehead atoms. The molecule has 6 nitrogen and oxygen atoms in total. The van der Waals surface area contributed by atoms with Crippen molar-refractivity contribution in [3.05, 3.63) is 36.9 Å². The van der Waals surface area contributed by atoms with E-state index in [1.807, 2.05) is 24.3 Å². The van der Waals surface area contributed by atoms with E-state index >= 15 is 0 Å². The number of nitrogens with zero attached hydrogens (tertiary/aromatic N) is 1. The first-order valence-corrected chi connectivity index (χ1v) is 6.44. The van der Waals surface area contributed by atoms with Gasteiger partial charge in [-0.05, 0) is 24.3 Å². The highest BCUT2D eigenvalue weighted by atomic mass is 16.5. The van der Waals surface area contributed by atoms with Crippen LogP contribution in [0.25, 0.3) is 11.3 Å². The van der Waals surface area contributed by atoms with E-state index in [2.05, 4.69) is 15.6 Å². The van der Waals surface area contributed by atoms with Gasteiger partial charge < -0.3 is 19.8 Å². The summed E-state index contributed by atoms with van der Waals surface area (Å²) < 4.78 is 10.5. The third-order valence-electron chi connectivity index (χ3n) is 3.11. The van der Waals surface area contributed by atoms with E-state index in [1.165, 1.54) is 6.39 Å². The summed E-state index contributed by atoms with van der Waals surface area (Å²) in [7, 11) is 0. The van der Waals surface area contributed by atoms with E-state index < -0.39 is 0 Å². The van der Waals surface area contributed by atoms with E-state index in [0.29, 0.717) is 25.5 Å². The maximum atomic E-state index is 12.0. The van der Waals surface area contributed by atoms with Crippen molar-refractivity contribution in [3.8, 4) is 11.3 Å². The lowest BCUT2D eigenvalue weighted by molar-refractivity contribution is -0.120. The number of rotatable bonds is 3.